The molecule has 1 amide bonds. The fourth-order valence-corrected chi connectivity index (χ4v) is 4.20. The van der Waals surface area contributed by atoms with Crippen molar-refractivity contribution < 1.29 is 17.7 Å². The summed E-state index contributed by atoms with van der Waals surface area (Å²) in [5.74, 6) is 0.233. The molecular weight excluding hydrogens is 456 g/mol. The van der Waals surface area contributed by atoms with Crippen LogP contribution in [-0.4, -0.2) is 34.4 Å². The second-order valence-corrected chi connectivity index (χ2v) is 9.44. The summed E-state index contributed by atoms with van der Waals surface area (Å²) in [5, 5.41) is 6.89. The number of nitrogens with one attached hydrogen (secondary N) is 2. The zero-order chi connectivity index (χ0) is 24.1. The number of carbonyl (C=O) groups excluding carboxylic acids is 1. The molecule has 0 spiro atoms. The van der Waals surface area contributed by atoms with E-state index >= 15 is 0 Å². The van der Waals surface area contributed by atoms with Crippen molar-refractivity contribution in [3.8, 4) is 11.4 Å². The number of amides is 1. The summed E-state index contributed by atoms with van der Waals surface area (Å²) in [6.07, 6.45) is 6.23. The van der Waals surface area contributed by atoms with Gasteiger partial charge in [-0.1, -0.05) is 19.0 Å². The minimum atomic E-state index is -3.81. The fraction of sp³-hybridized carbons (Fsp3) is 0.174. The van der Waals surface area contributed by atoms with Crippen LogP contribution in [0.2, 0.25) is 0 Å². The average Bonchev–Trinajstić information content (AvgIpc) is 3.33. The molecule has 0 aliphatic rings. The van der Waals surface area contributed by atoms with Crippen molar-refractivity contribution in [3.63, 3.8) is 0 Å². The molecule has 0 radical (unpaired) electrons. The molecule has 3 aromatic heterocycles. The number of anilines is 1. The van der Waals surface area contributed by atoms with Crippen LogP contribution in [0.5, 0.6) is 0 Å². The van der Waals surface area contributed by atoms with E-state index in [1.807, 2.05) is 13.8 Å². The Hall–Kier alpha value is -4.12. The highest BCUT2D eigenvalue weighted by molar-refractivity contribution is 7.92. The molecular formula is C23H22N6O4S. The summed E-state index contributed by atoms with van der Waals surface area (Å²) in [6, 6.07) is 11.7. The number of benzene rings is 1. The van der Waals surface area contributed by atoms with Crippen molar-refractivity contribution in [2.24, 2.45) is 5.92 Å². The third-order valence-electron chi connectivity index (χ3n) is 4.96. The highest BCUT2D eigenvalue weighted by atomic mass is 32.2. The minimum absolute atomic E-state index is 0.0279. The van der Waals surface area contributed by atoms with Crippen LogP contribution in [0, 0.1) is 5.92 Å². The molecule has 1 atom stereocenters. The van der Waals surface area contributed by atoms with Crippen LogP contribution < -0.4 is 10.0 Å². The Morgan fingerprint density at radius 1 is 0.912 bits per heavy atom. The first-order valence-electron chi connectivity index (χ1n) is 10.4. The molecule has 0 fully saturated rings. The van der Waals surface area contributed by atoms with Gasteiger partial charge in [-0.25, -0.2) is 8.42 Å². The number of sulfonamides is 1. The third-order valence-corrected chi connectivity index (χ3v) is 6.36. The Labute approximate surface area is 196 Å². The lowest BCUT2D eigenvalue weighted by atomic mass is 10.0. The van der Waals surface area contributed by atoms with E-state index in [0.717, 1.165) is 5.56 Å². The van der Waals surface area contributed by atoms with Gasteiger partial charge in [0, 0.05) is 35.9 Å². The summed E-state index contributed by atoms with van der Waals surface area (Å²) in [7, 11) is -3.81. The van der Waals surface area contributed by atoms with Crippen molar-refractivity contribution in [2.45, 2.75) is 24.8 Å². The van der Waals surface area contributed by atoms with Gasteiger partial charge in [0.05, 0.1) is 10.6 Å². The van der Waals surface area contributed by atoms with Crippen LogP contribution in [0.1, 0.15) is 36.1 Å². The molecule has 0 saturated heterocycles. The molecule has 3 heterocycles. The Kier molecular flexibility index (Phi) is 6.64. The molecule has 11 heteroatoms. The molecule has 1 aromatic carbocycles. The smallest absolute Gasteiger partial charge is 0.261 e. The van der Waals surface area contributed by atoms with E-state index in [2.05, 4.69) is 30.1 Å². The summed E-state index contributed by atoms with van der Waals surface area (Å²) < 4.78 is 33.1. The molecule has 4 aromatic rings. The number of pyridine rings is 2. The summed E-state index contributed by atoms with van der Waals surface area (Å²) in [6.45, 7) is 3.84. The van der Waals surface area contributed by atoms with E-state index in [1.165, 1.54) is 36.7 Å². The first kappa shape index (κ1) is 23.1. The molecule has 0 aliphatic heterocycles. The van der Waals surface area contributed by atoms with Crippen molar-refractivity contribution in [1.82, 2.24) is 25.4 Å². The van der Waals surface area contributed by atoms with Crippen LogP contribution in [0.3, 0.4) is 0 Å². The number of carbonyl (C=O) groups is 1. The molecule has 10 nitrogen and oxygen atoms in total. The predicted molar refractivity (Wildman–Crippen MR) is 124 cm³/mol. The van der Waals surface area contributed by atoms with Gasteiger partial charge < -0.3 is 9.84 Å². The molecule has 4 rings (SSSR count). The largest absolute Gasteiger partial charge is 0.340 e. The van der Waals surface area contributed by atoms with E-state index < -0.39 is 22.0 Å². The monoisotopic (exact) mass is 478 g/mol. The number of hydrogen-bond donors (Lipinski definition) is 2. The maximum Gasteiger partial charge on any atom is 0.261 e. The van der Waals surface area contributed by atoms with Crippen LogP contribution >= 0.6 is 0 Å². The van der Waals surface area contributed by atoms with Gasteiger partial charge in [-0.05, 0) is 54.4 Å². The molecule has 174 valence electrons. The van der Waals surface area contributed by atoms with Crippen LogP contribution in [0.15, 0.2) is 82.7 Å². The van der Waals surface area contributed by atoms with Gasteiger partial charge in [-0.2, -0.15) is 4.98 Å². The average molecular weight is 479 g/mol. The van der Waals surface area contributed by atoms with E-state index in [-0.39, 0.29) is 16.7 Å². The lowest BCUT2D eigenvalue weighted by molar-refractivity contribution is 0.0914. The first-order valence-corrected chi connectivity index (χ1v) is 11.9. The van der Waals surface area contributed by atoms with Crippen molar-refractivity contribution in [2.75, 3.05) is 4.72 Å². The van der Waals surface area contributed by atoms with Gasteiger partial charge in [-0.3, -0.25) is 19.5 Å². The second kappa shape index (κ2) is 9.79. The van der Waals surface area contributed by atoms with Crippen molar-refractivity contribution >= 4 is 21.6 Å². The van der Waals surface area contributed by atoms with Crippen molar-refractivity contribution in [3.05, 3.63) is 84.8 Å². The summed E-state index contributed by atoms with van der Waals surface area (Å²) in [4.78, 5) is 25.2. The molecule has 2 N–H and O–H groups in total. The van der Waals surface area contributed by atoms with E-state index in [0.29, 0.717) is 17.1 Å². The second-order valence-electron chi connectivity index (χ2n) is 7.75. The number of aromatic nitrogens is 4. The Bertz CT molecular complexity index is 1360. The maximum absolute atomic E-state index is 12.9. The molecule has 0 aliphatic carbocycles. The minimum Gasteiger partial charge on any atom is -0.340 e. The highest BCUT2D eigenvalue weighted by Gasteiger charge is 2.25. The fourth-order valence-electron chi connectivity index (χ4n) is 3.14. The van der Waals surface area contributed by atoms with Gasteiger partial charge in [0.15, 0.2) is 0 Å². The lowest BCUT2D eigenvalue weighted by Gasteiger charge is -2.18. The first-order chi connectivity index (χ1) is 16.3. The molecule has 34 heavy (non-hydrogen) atoms. The molecule has 0 saturated carbocycles. The van der Waals surface area contributed by atoms with E-state index in [4.69, 9.17) is 4.52 Å². The SMILES string of the molecule is CC(C)C(NC(=O)c1ccc(S(=O)(=O)Nc2ccncc2)cc1)c1nc(-c2ccncc2)no1. The Balaban J connectivity index is 1.48. The Morgan fingerprint density at radius 2 is 1.53 bits per heavy atom. The van der Waals surface area contributed by atoms with Gasteiger partial charge in [0.2, 0.25) is 11.7 Å². The van der Waals surface area contributed by atoms with Gasteiger partial charge in [-0.15, -0.1) is 0 Å². The quantitative estimate of drug-likeness (QED) is 0.392. The number of rotatable bonds is 8. The summed E-state index contributed by atoms with van der Waals surface area (Å²) in [5.41, 5.74) is 1.43. The number of hydrogen-bond acceptors (Lipinski definition) is 8. The lowest BCUT2D eigenvalue weighted by Crippen LogP contribution is -2.32. The molecule has 1 unspecified atom stereocenters. The van der Waals surface area contributed by atoms with E-state index in [1.54, 1.807) is 36.7 Å². The zero-order valence-electron chi connectivity index (χ0n) is 18.4. The third kappa shape index (κ3) is 5.26. The van der Waals surface area contributed by atoms with Gasteiger partial charge in [0.25, 0.3) is 15.9 Å². The van der Waals surface area contributed by atoms with Crippen LogP contribution in [0.4, 0.5) is 5.69 Å². The normalized spacial score (nSPS) is 12.3. The highest BCUT2D eigenvalue weighted by Crippen LogP contribution is 2.24. The summed E-state index contributed by atoms with van der Waals surface area (Å²) >= 11 is 0. The van der Waals surface area contributed by atoms with Crippen LogP contribution in [-0.2, 0) is 10.0 Å². The number of nitrogens with zero attached hydrogens (tertiary/aromatic N) is 4. The van der Waals surface area contributed by atoms with Gasteiger partial charge >= 0.3 is 0 Å². The maximum atomic E-state index is 12.9. The van der Waals surface area contributed by atoms with Crippen LogP contribution in [0.25, 0.3) is 11.4 Å². The van der Waals surface area contributed by atoms with E-state index in [9.17, 15) is 13.2 Å². The Morgan fingerprint density at radius 3 is 2.15 bits per heavy atom. The zero-order valence-corrected chi connectivity index (χ0v) is 19.2. The standard InChI is InChI=1S/C23H22N6O4S/c1-15(2)20(23-27-21(28-33-23)16-7-11-24-12-8-16)26-22(30)17-3-5-19(6-4-17)34(31,32)29-18-9-13-25-14-10-18/h3-15,20H,1-2H3,(H,25,29)(H,26,30). The van der Waals surface area contributed by atoms with Crippen molar-refractivity contribution in [1.29, 1.82) is 0 Å². The van der Waals surface area contributed by atoms with Gasteiger partial charge in [0.1, 0.15) is 6.04 Å². The topological polar surface area (TPSA) is 140 Å². The molecule has 0 bridgehead atoms. The predicted octanol–water partition coefficient (Wildman–Crippen LogP) is 3.45.